The molecule has 0 amide bonds. The van der Waals surface area contributed by atoms with Gasteiger partial charge in [-0.2, -0.15) is 0 Å². The monoisotopic (exact) mass is 286 g/mol. The summed E-state index contributed by atoms with van der Waals surface area (Å²) in [6.45, 7) is 0. The van der Waals surface area contributed by atoms with Crippen molar-refractivity contribution in [1.29, 1.82) is 0 Å². The summed E-state index contributed by atoms with van der Waals surface area (Å²) in [5.41, 5.74) is 0. The number of hydrogen-bond donors (Lipinski definition) is 0. The minimum atomic E-state index is -1.66. The molecule has 0 aromatic rings. The molecule has 1 atom stereocenters. The minimum absolute atomic E-state index is 0. The van der Waals surface area contributed by atoms with Crippen molar-refractivity contribution < 1.29 is 13.0 Å². The topological polar surface area (TPSA) is 0 Å². The maximum absolute atomic E-state index is 4.94. The molecule has 0 bridgehead atoms. The summed E-state index contributed by atoms with van der Waals surface area (Å²) in [5, 5.41) is 0. The normalized spacial score (nSPS) is 9.00. The van der Waals surface area contributed by atoms with Gasteiger partial charge in [0.1, 0.15) is 0 Å². The van der Waals surface area contributed by atoms with Crippen molar-refractivity contribution >= 4 is 47.0 Å². The number of hydrogen-bond acceptors (Lipinski definition) is 0. The van der Waals surface area contributed by atoms with Crippen molar-refractivity contribution in [2.45, 2.75) is 0 Å². The molecule has 0 spiro atoms. The Labute approximate surface area is 59.5 Å². The summed E-state index contributed by atoms with van der Waals surface area (Å²) in [5.74, 6) is 0. The summed E-state index contributed by atoms with van der Waals surface area (Å²) < 4.78 is 0. The quantitative estimate of drug-likeness (QED) is 0.580. The predicted octanol–water partition coefficient (Wildman–Crippen LogP) is 0.882. The SMILES string of the molecule is [AsH3].[Cl][Rh]([Cl])[Cl]. The average Bonchev–Trinajstić information content (AvgIpc) is 0.811. The Kier molecular flexibility index (Phi) is 12.2. The third kappa shape index (κ3) is 23.6. The molecule has 0 rings (SSSR count). The molecule has 0 heterocycles. The van der Waals surface area contributed by atoms with E-state index in [1.54, 1.807) is 0 Å². The number of halogens is 3. The van der Waals surface area contributed by atoms with Crippen molar-refractivity contribution in [3.8, 4) is 0 Å². The fourth-order valence-corrected chi connectivity index (χ4v) is 0. The fourth-order valence-electron chi connectivity index (χ4n) is 0. The van der Waals surface area contributed by atoms with E-state index < -0.39 is 13.0 Å². The van der Waals surface area contributed by atoms with Gasteiger partial charge < -0.3 is 0 Å². The Morgan fingerprint density at radius 2 is 1.00 bits per heavy atom. The Balaban J connectivity index is 0. The predicted molar refractivity (Wildman–Crippen MR) is 27.5 cm³/mol. The van der Waals surface area contributed by atoms with Crippen LogP contribution < -0.4 is 0 Å². The van der Waals surface area contributed by atoms with Crippen LogP contribution >= 0.6 is 29.1 Å². The average molecular weight is 287 g/mol. The van der Waals surface area contributed by atoms with Gasteiger partial charge >= 0.3 is 60.0 Å². The van der Waals surface area contributed by atoms with Crippen LogP contribution in [0, 0.1) is 0 Å². The second-order valence-electron chi connectivity index (χ2n) is 0.143. The molecule has 0 saturated heterocycles. The van der Waals surface area contributed by atoms with E-state index in [1.807, 2.05) is 0 Å². The number of rotatable bonds is 0. The van der Waals surface area contributed by atoms with E-state index in [-0.39, 0.29) is 18.0 Å². The van der Waals surface area contributed by atoms with E-state index >= 15 is 0 Å². The van der Waals surface area contributed by atoms with Crippen molar-refractivity contribution in [2.24, 2.45) is 0 Å². The Bertz CT molecular complexity index is 11.6. The summed E-state index contributed by atoms with van der Waals surface area (Å²) in [7, 11) is 14.8. The van der Waals surface area contributed by atoms with E-state index in [0.717, 1.165) is 0 Å². The first kappa shape index (κ1) is 10.1. The van der Waals surface area contributed by atoms with Crippen molar-refractivity contribution in [2.75, 3.05) is 0 Å². The molecular weight excluding hydrogens is 284 g/mol. The molecule has 0 radical (unpaired) electrons. The third-order valence-corrected chi connectivity index (χ3v) is 0. The van der Waals surface area contributed by atoms with Crippen LogP contribution in [0.15, 0.2) is 0 Å². The molecule has 0 aromatic heterocycles. The van der Waals surface area contributed by atoms with Gasteiger partial charge in [-0.05, 0) is 0 Å². The molecule has 5 heavy (non-hydrogen) atoms. The van der Waals surface area contributed by atoms with E-state index in [1.165, 1.54) is 0 Å². The zero-order valence-corrected chi connectivity index (χ0v) is 9.05. The molecule has 38 valence electrons. The molecule has 0 fully saturated rings. The van der Waals surface area contributed by atoms with Crippen molar-refractivity contribution in [1.82, 2.24) is 0 Å². The molecule has 1 unspecified atom stereocenters. The van der Waals surface area contributed by atoms with Crippen LogP contribution in [-0.2, 0) is 13.0 Å². The zero-order chi connectivity index (χ0) is 3.58. The summed E-state index contributed by atoms with van der Waals surface area (Å²) in [6.07, 6.45) is 0. The van der Waals surface area contributed by atoms with E-state index in [4.69, 9.17) is 29.1 Å². The van der Waals surface area contributed by atoms with Crippen LogP contribution in [-0.4, -0.2) is 18.0 Å². The van der Waals surface area contributed by atoms with E-state index in [0.29, 0.717) is 0 Å². The van der Waals surface area contributed by atoms with Gasteiger partial charge in [-0.3, -0.25) is 0 Å². The van der Waals surface area contributed by atoms with Gasteiger partial charge in [-0.25, -0.2) is 0 Å². The molecule has 0 saturated carbocycles. The van der Waals surface area contributed by atoms with Crippen LogP contribution in [0.25, 0.3) is 0 Å². The van der Waals surface area contributed by atoms with Gasteiger partial charge in [0.05, 0.1) is 0 Å². The van der Waals surface area contributed by atoms with Gasteiger partial charge in [0, 0.05) is 0 Å². The third-order valence-electron chi connectivity index (χ3n) is 0. The molecule has 5 heteroatoms. The standard InChI is InChI=1S/AsH3.3ClH.Rh/h1H3;3*1H;/q;;;;+3/p-3. The second-order valence-corrected chi connectivity index (χ2v) is 7.61. The first-order valence-corrected chi connectivity index (χ1v) is 6.71. The fraction of sp³-hybridized carbons (Fsp3) is 0. The molecular formula is H3AsCl3Rh. The van der Waals surface area contributed by atoms with Crippen molar-refractivity contribution in [3.05, 3.63) is 0 Å². The van der Waals surface area contributed by atoms with Crippen molar-refractivity contribution in [3.63, 3.8) is 0 Å². The van der Waals surface area contributed by atoms with E-state index in [9.17, 15) is 0 Å². The van der Waals surface area contributed by atoms with Crippen LogP contribution in [0.3, 0.4) is 0 Å². The van der Waals surface area contributed by atoms with Crippen LogP contribution in [0.1, 0.15) is 0 Å². The zero-order valence-electron chi connectivity index (χ0n) is 2.17. The summed E-state index contributed by atoms with van der Waals surface area (Å²) >= 11 is -1.66. The molecule has 0 aromatic carbocycles. The molecule has 0 nitrogen and oxygen atoms in total. The molecule has 0 aliphatic rings. The van der Waals surface area contributed by atoms with Gasteiger partial charge in [0.15, 0.2) is 0 Å². The van der Waals surface area contributed by atoms with E-state index in [2.05, 4.69) is 0 Å². The Morgan fingerprint density at radius 3 is 1.00 bits per heavy atom. The maximum atomic E-state index is 4.94. The van der Waals surface area contributed by atoms with Gasteiger partial charge in [0.2, 0.25) is 0 Å². The molecule has 0 aliphatic carbocycles. The molecule has 0 N–H and O–H groups in total. The second kappa shape index (κ2) is 6.05. The first-order chi connectivity index (χ1) is 1.73. The first-order valence-electron chi connectivity index (χ1n) is 0.378. The van der Waals surface area contributed by atoms with Gasteiger partial charge in [0.25, 0.3) is 0 Å². The van der Waals surface area contributed by atoms with Crippen LogP contribution in [0.4, 0.5) is 0 Å². The van der Waals surface area contributed by atoms with Crippen LogP contribution in [0.5, 0.6) is 0 Å². The van der Waals surface area contributed by atoms with Gasteiger partial charge in [-0.1, -0.05) is 0 Å². The van der Waals surface area contributed by atoms with Crippen LogP contribution in [0.2, 0.25) is 0 Å². The Hall–Kier alpha value is 2.05. The summed E-state index contributed by atoms with van der Waals surface area (Å²) in [4.78, 5) is 0. The molecule has 0 aliphatic heterocycles. The Morgan fingerprint density at radius 1 is 1.00 bits per heavy atom. The summed E-state index contributed by atoms with van der Waals surface area (Å²) in [6, 6.07) is 0. The van der Waals surface area contributed by atoms with Gasteiger partial charge in [-0.15, -0.1) is 0 Å².